The molecular weight excluding hydrogens is 322 g/mol. The molecule has 0 aromatic heterocycles. The predicted molar refractivity (Wildman–Crippen MR) is 104 cm³/mol. The summed E-state index contributed by atoms with van der Waals surface area (Å²) in [4.78, 5) is 14.8. The minimum atomic E-state index is 0. The number of carbonyl (C=O) groups is 1. The van der Waals surface area contributed by atoms with Crippen LogP contribution in [0.4, 0.5) is 5.69 Å². The minimum Gasteiger partial charge on any atom is -0.326 e. The van der Waals surface area contributed by atoms with E-state index in [-0.39, 0.29) is 24.4 Å². The number of halogens is 1. The highest BCUT2D eigenvalue weighted by molar-refractivity contribution is 5.91. The molecule has 24 heavy (non-hydrogen) atoms. The third-order valence-corrected chi connectivity index (χ3v) is 4.56. The van der Waals surface area contributed by atoms with E-state index in [0.29, 0.717) is 6.42 Å². The number of amides is 1. The summed E-state index contributed by atoms with van der Waals surface area (Å²) in [6.07, 6.45) is 4.25. The van der Waals surface area contributed by atoms with Gasteiger partial charge in [-0.3, -0.25) is 9.69 Å². The summed E-state index contributed by atoms with van der Waals surface area (Å²) in [7, 11) is 0. The van der Waals surface area contributed by atoms with Crippen molar-refractivity contribution in [3.05, 3.63) is 30.3 Å². The maximum atomic E-state index is 12.3. The SMILES string of the molecule is CCCN(CC1CCCNC1)C(C)CC(=O)Nc1ccccc1.Cl. The maximum Gasteiger partial charge on any atom is 0.225 e. The smallest absolute Gasteiger partial charge is 0.225 e. The lowest BCUT2D eigenvalue weighted by Gasteiger charge is -2.34. The van der Waals surface area contributed by atoms with Gasteiger partial charge in [0.2, 0.25) is 5.91 Å². The highest BCUT2D eigenvalue weighted by atomic mass is 35.5. The highest BCUT2D eigenvalue weighted by Crippen LogP contribution is 2.16. The molecule has 0 radical (unpaired) electrons. The van der Waals surface area contributed by atoms with Crippen molar-refractivity contribution in [2.24, 2.45) is 5.92 Å². The quantitative estimate of drug-likeness (QED) is 0.751. The van der Waals surface area contributed by atoms with Crippen LogP contribution in [0, 0.1) is 5.92 Å². The molecule has 1 aromatic rings. The molecule has 1 heterocycles. The summed E-state index contributed by atoms with van der Waals surface area (Å²) in [5.41, 5.74) is 0.878. The Hall–Kier alpha value is -1.10. The first kappa shape index (κ1) is 20.9. The van der Waals surface area contributed by atoms with Crippen LogP contribution in [0.5, 0.6) is 0 Å². The van der Waals surface area contributed by atoms with Crippen LogP contribution >= 0.6 is 12.4 Å². The summed E-state index contributed by atoms with van der Waals surface area (Å²) in [6.45, 7) is 8.82. The first-order valence-electron chi connectivity index (χ1n) is 8.98. The molecule has 0 aliphatic carbocycles. The van der Waals surface area contributed by atoms with Crippen LogP contribution in [0.25, 0.3) is 0 Å². The van der Waals surface area contributed by atoms with Crippen molar-refractivity contribution in [3.63, 3.8) is 0 Å². The zero-order valence-electron chi connectivity index (χ0n) is 15.0. The van der Waals surface area contributed by atoms with Crippen LogP contribution in [0.3, 0.4) is 0 Å². The van der Waals surface area contributed by atoms with Crippen LogP contribution < -0.4 is 10.6 Å². The zero-order valence-corrected chi connectivity index (χ0v) is 15.8. The van der Waals surface area contributed by atoms with E-state index in [1.165, 1.54) is 12.8 Å². The van der Waals surface area contributed by atoms with Gasteiger partial charge in [-0.2, -0.15) is 0 Å². The molecule has 2 atom stereocenters. The number of anilines is 1. The normalized spacial score (nSPS) is 18.7. The third kappa shape index (κ3) is 7.20. The van der Waals surface area contributed by atoms with Crippen molar-refractivity contribution in [1.29, 1.82) is 0 Å². The predicted octanol–water partition coefficient (Wildman–Crippen LogP) is 3.54. The highest BCUT2D eigenvalue weighted by Gasteiger charge is 2.21. The van der Waals surface area contributed by atoms with Crippen LogP contribution in [-0.4, -0.2) is 43.0 Å². The maximum absolute atomic E-state index is 12.3. The summed E-state index contributed by atoms with van der Waals surface area (Å²) in [6, 6.07) is 9.98. The van der Waals surface area contributed by atoms with Gasteiger partial charge in [-0.25, -0.2) is 0 Å². The second kappa shape index (κ2) is 11.5. The molecule has 2 N–H and O–H groups in total. The molecule has 1 amide bonds. The fraction of sp³-hybridized carbons (Fsp3) is 0.632. The Balaban J connectivity index is 0.00000288. The molecule has 1 saturated heterocycles. The lowest BCUT2D eigenvalue weighted by Crippen LogP contribution is -2.43. The number of piperidine rings is 1. The first-order valence-corrected chi connectivity index (χ1v) is 8.98. The van der Waals surface area contributed by atoms with Gasteiger partial charge in [0, 0.05) is 24.7 Å². The Labute approximate surface area is 152 Å². The van der Waals surface area contributed by atoms with Crippen molar-refractivity contribution < 1.29 is 4.79 Å². The Morgan fingerprint density at radius 2 is 2.12 bits per heavy atom. The number of hydrogen-bond acceptors (Lipinski definition) is 3. The topological polar surface area (TPSA) is 44.4 Å². The molecular formula is C19H32ClN3O. The first-order chi connectivity index (χ1) is 11.2. The van der Waals surface area contributed by atoms with Crippen LogP contribution in [-0.2, 0) is 4.79 Å². The van der Waals surface area contributed by atoms with E-state index in [9.17, 15) is 4.79 Å². The lowest BCUT2D eigenvalue weighted by molar-refractivity contribution is -0.117. The van der Waals surface area contributed by atoms with E-state index in [2.05, 4.69) is 29.4 Å². The van der Waals surface area contributed by atoms with Gasteiger partial charge in [-0.05, 0) is 63.9 Å². The Morgan fingerprint density at radius 3 is 2.75 bits per heavy atom. The largest absolute Gasteiger partial charge is 0.326 e. The second-order valence-electron chi connectivity index (χ2n) is 6.67. The summed E-state index contributed by atoms with van der Waals surface area (Å²) >= 11 is 0. The number of nitrogens with zero attached hydrogens (tertiary/aromatic N) is 1. The number of benzene rings is 1. The number of hydrogen-bond donors (Lipinski definition) is 2. The molecule has 2 rings (SSSR count). The molecule has 1 aromatic carbocycles. The number of carbonyl (C=O) groups excluding carboxylic acids is 1. The third-order valence-electron chi connectivity index (χ3n) is 4.56. The summed E-state index contributed by atoms with van der Waals surface area (Å²) in [5, 5.41) is 6.48. The van der Waals surface area contributed by atoms with E-state index in [1.807, 2.05) is 30.3 Å². The summed E-state index contributed by atoms with van der Waals surface area (Å²) < 4.78 is 0. The molecule has 0 bridgehead atoms. The Kier molecular flexibility index (Phi) is 9.99. The van der Waals surface area contributed by atoms with Crippen molar-refractivity contribution >= 4 is 24.0 Å². The molecule has 1 aliphatic rings. The van der Waals surface area contributed by atoms with Crippen molar-refractivity contribution in [2.45, 2.75) is 45.6 Å². The van der Waals surface area contributed by atoms with Crippen molar-refractivity contribution in [1.82, 2.24) is 10.2 Å². The van der Waals surface area contributed by atoms with E-state index in [4.69, 9.17) is 0 Å². The van der Waals surface area contributed by atoms with Crippen molar-refractivity contribution in [3.8, 4) is 0 Å². The van der Waals surface area contributed by atoms with Gasteiger partial charge in [0.15, 0.2) is 0 Å². The van der Waals surface area contributed by atoms with Gasteiger partial charge in [-0.1, -0.05) is 25.1 Å². The fourth-order valence-electron chi connectivity index (χ4n) is 3.32. The molecule has 4 nitrogen and oxygen atoms in total. The molecule has 0 saturated carbocycles. The van der Waals surface area contributed by atoms with E-state index in [0.717, 1.165) is 44.2 Å². The molecule has 2 unspecified atom stereocenters. The molecule has 5 heteroatoms. The molecule has 1 fully saturated rings. The monoisotopic (exact) mass is 353 g/mol. The average Bonchev–Trinajstić information content (AvgIpc) is 2.56. The minimum absolute atomic E-state index is 0. The van der Waals surface area contributed by atoms with Crippen LogP contribution in [0.15, 0.2) is 30.3 Å². The van der Waals surface area contributed by atoms with Gasteiger partial charge >= 0.3 is 0 Å². The molecule has 0 spiro atoms. The van der Waals surface area contributed by atoms with Gasteiger partial charge in [0.05, 0.1) is 0 Å². The Morgan fingerprint density at radius 1 is 1.38 bits per heavy atom. The van der Waals surface area contributed by atoms with Gasteiger partial charge in [0.25, 0.3) is 0 Å². The van der Waals surface area contributed by atoms with Gasteiger partial charge < -0.3 is 10.6 Å². The molecule has 1 aliphatic heterocycles. The summed E-state index contributed by atoms with van der Waals surface area (Å²) in [5.74, 6) is 0.821. The fourth-order valence-corrected chi connectivity index (χ4v) is 3.32. The lowest BCUT2D eigenvalue weighted by atomic mass is 9.98. The molecule has 136 valence electrons. The van der Waals surface area contributed by atoms with Crippen LogP contribution in [0.2, 0.25) is 0 Å². The van der Waals surface area contributed by atoms with Gasteiger partial charge in [-0.15, -0.1) is 12.4 Å². The second-order valence-corrected chi connectivity index (χ2v) is 6.67. The number of rotatable bonds is 8. The van der Waals surface area contributed by atoms with Gasteiger partial charge in [0.1, 0.15) is 0 Å². The van der Waals surface area contributed by atoms with E-state index < -0.39 is 0 Å². The number of nitrogens with one attached hydrogen (secondary N) is 2. The zero-order chi connectivity index (χ0) is 16.5. The average molecular weight is 354 g/mol. The van der Waals surface area contributed by atoms with Crippen LogP contribution in [0.1, 0.15) is 39.5 Å². The van der Waals surface area contributed by atoms with Crippen molar-refractivity contribution in [2.75, 3.05) is 31.5 Å². The van der Waals surface area contributed by atoms with E-state index >= 15 is 0 Å². The standard InChI is InChI=1S/C19H31N3O.ClH/c1-3-12-22(15-17-8-7-11-20-14-17)16(2)13-19(23)21-18-9-5-4-6-10-18;/h4-6,9-10,16-17,20H,3,7-8,11-15H2,1-2H3,(H,21,23);1H. The number of para-hydroxylation sites is 1. The Bertz CT molecular complexity index is 463. The van der Waals surface area contributed by atoms with E-state index in [1.54, 1.807) is 0 Å².